The fourth-order valence-corrected chi connectivity index (χ4v) is 3.64. The normalized spacial score (nSPS) is 12.4. The molecule has 102 valence electrons. The highest BCUT2D eigenvalue weighted by Crippen LogP contribution is 2.34. The third kappa shape index (κ3) is 3.16. The Balaban J connectivity index is 2.42. The second kappa shape index (κ2) is 6.50. The first-order valence-corrected chi connectivity index (χ1v) is 7.64. The van der Waals surface area contributed by atoms with Crippen LogP contribution in [0.25, 0.3) is 0 Å². The Kier molecular flexibility index (Phi) is 4.96. The Morgan fingerprint density at radius 3 is 2.79 bits per heavy atom. The molecule has 2 nitrogen and oxygen atoms in total. The van der Waals surface area contributed by atoms with E-state index < -0.39 is 0 Å². The average molecular weight is 344 g/mol. The first kappa shape index (κ1) is 14.5. The van der Waals surface area contributed by atoms with Crippen LogP contribution in [0.1, 0.15) is 23.4 Å². The molecular weight excluding hydrogens is 329 g/mol. The van der Waals surface area contributed by atoms with Crippen molar-refractivity contribution < 1.29 is 9.13 Å². The molecule has 0 bridgehead atoms. The molecule has 19 heavy (non-hydrogen) atoms. The molecule has 2 rings (SSSR count). The lowest BCUT2D eigenvalue weighted by Crippen LogP contribution is -2.21. The van der Waals surface area contributed by atoms with Crippen molar-refractivity contribution in [1.82, 2.24) is 5.32 Å². The van der Waals surface area contributed by atoms with E-state index in [1.807, 2.05) is 11.4 Å². The van der Waals surface area contributed by atoms with Gasteiger partial charge >= 0.3 is 0 Å². The predicted molar refractivity (Wildman–Crippen MR) is 80.5 cm³/mol. The maximum Gasteiger partial charge on any atom is 0.165 e. The number of rotatable bonds is 5. The zero-order chi connectivity index (χ0) is 13.8. The SMILES string of the molecule is CCNC(c1ccc(F)c(OC)c1)c1sccc1Br. The Labute approximate surface area is 124 Å². The second-order valence-corrected chi connectivity index (χ2v) is 5.82. The van der Waals surface area contributed by atoms with E-state index in [2.05, 4.69) is 28.2 Å². The monoisotopic (exact) mass is 343 g/mol. The van der Waals surface area contributed by atoms with Gasteiger partial charge in [0.05, 0.1) is 13.2 Å². The minimum absolute atomic E-state index is 0.0360. The standard InChI is InChI=1S/C14H15BrFNOS/c1-3-17-13(14-10(15)6-7-19-14)9-4-5-11(16)12(8-9)18-2/h4-8,13,17H,3H2,1-2H3. The number of hydrogen-bond donors (Lipinski definition) is 1. The number of ether oxygens (including phenoxy) is 1. The van der Waals surface area contributed by atoms with E-state index in [1.165, 1.54) is 18.1 Å². The zero-order valence-electron chi connectivity index (χ0n) is 10.7. The third-order valence-electron chi connectivity index (χ3n) is 2.82. The van der Waals surface area contributed by atoms with Crippen LogP contribution in [-0.2, 0) is 0 Å². The molecule has 1 N–H and O–H groups in total. The third-order valence-corrected chi connectivity index (χ3v) is 4.76. The largest absolute Gasteiger partial charge is 0.494 e. The van der Waals surface area contributed by atoms with Gasteiger partial charge in [0.15, 0.2) is 11.6 Å². The number of nitrogens with one attached hydrogen (secondary N) is 1. The van der Waals surface area contributed by atoms with Crippen LogP contribution in [0.2, 0.25) is 0 Å². The molecule has 1 aromatic carbocycles. The van der Waals surface area contributed by atoms with Gasteiger partial charge in [-0.3, -0.25) is 0 Å². The lowest BCUT2D eigenvalue weighted by atomic mass is 10.0. The molecule has 1 unspecified atom stereocenters. The van der Waals surface area contributed by atoms with E-state index in [1.54, 1.807) is 23.5 Å². The molecular formula is C14H15BrFNOS. The number of halogens is 2. The van der Waals surface area contributed by atoms with Crippen LogP contribution in [-0.4, -0.2) is 13.7 Å². The first-order chi connectivity index (χ1) is 9.17. The molecule has 2 aromatic rings. The van der Waals surface area contributed by atoms with Crippen LogP contribution in [0.4, 0.5) is 4.39 Å². The van der Waals surface area contributed by atoms with Gasteiger partial charge < -0.3 is 10.1 Å². The Bertz CT molecular complexity index is 558. The van der Waals surface area contributed by atoms with E-state index in [0.29, 0.717) is 0 Å². The number of methoxy groups -OCH3 is 1. The lowest BCUT2D eigenvalue weighted by Gasteiger charge is -2.18. The van der Waals surface area contributed by atoms with Crippen molar-refractivity contribution in [2.45, 2.75) is 13.0 Å². The molecule has 0 aliphatic rings. The summed E-state index contributed by atoms with van der Waals surface area (Å²) in [5.74, 6) is -0.0696. The van der Waals surface area contributed by atoms with Gasteiger partial charge in [0, 0.05) is 9.35 Å². The van der Waals surface area contributed by atoms with E-state index >= 15 is 0 Å². The topological polar surface area (TPSA) is 21.3 Å². The molecule has 0 amide bonds. The molecule has 0 saturated heterocycles. The fourth-order valence-electron chi connectivity index (χ4n) is 1.93. The molecule has 1 heterocycles. The van der Waals surface area contributed by atoms with Crippen LogP contribution in [0.15, 0.2) is 34.1 Å². The maximum atomic E-state index is 13.5. The van der Waals surface area contributed by atoms with Crippen molar-refractivity contribution in [1.29, 1.82) is 0 Å². The molecule has 0 saturated carbocycles. The number of thiophene rings is 1. The minimum Gasteiger partial charge on any atom is -0.494 e. The molecule has 0 spiro atoms. The summed E-state index contributed by atoms with van der Waals surface area (Å²) in [5, 5.41) is 5.45. The van der Waals surface area contributed by atoms with Crippen LogP contribution in [0.5, 0.6) is 5.75 Å². The van der Waals surface area contributed by atoms with Crippen molar-refractivity contribution in [2.24, 2.45) is 0 Å². The van der Waals surface area contributed by atoms with Gasteiger partial charge in [-0.25, -0.2) is 4.39 Å². The first-order valence-electron chi connectivity index (χ1n) is 5.97. The van der Waals surface area contributed by atoms with Crippen LogP contribution in [0, 0.1) is 5.82 Å². The van der Waals surface area contributed by atoms with Crippen molar-refractivity contribution >= 4 is 27.3 Å². The van der Waals surface area contributed by atoms with E-state index in [-0.39, 0.29) is 17.6 Å². The Morgan fingerprint density at radius 2 is 2.21 bits per heavy atom. The van der Waals surface area contributed by atoms with Gasteiger partial charge in [0.2, 0.25) is 0 Å². The second-order valence-electron chi connectivity index (χ2n) is 4.02. The van der Waals surface area contributed by atoms with Crippen molar-refractivity contribution in [2.75, 3.05) is 13.7 Å². The Hall–Kier alpha value is -0.910. The molecule has 0 aliphatic carbocycles. The van der Waals surface area contributed by atoms with Crippen molar-refractivity contribution in [3.63, 3.8) is 0 Å². The van der Waals surface area contributed by atoms with Gasteiger partial charge in [0.1, 0.15) is 0 Å². The summed E-state index contributed by atoms with van der Waals surface area (Å²) in [6, 6.07) is 7.03. The van der Waals surface area contributed by atoms with Gasteiger partial charge in [-0.15, -0.1) is 11.3 Å². The van der Waals surface area contributed by atoms with Crippen LogP contribution < -0.4 is 10.1 Å². The number of benzene rings is 1. The summed E-state index contributed by atoms with van der Waals surface area (Å²) < 4.78 is 19.6. The molecule has 0 radical (unpaired) electrons. The fraction of sp³-hybridized carbons (Fsp3) is 0.286. The minimum atomic E-state index is -0.341. The number of hydrogen-bond acceptors (Lipinski definition) is 3. The van der Waals surface area contributed by atoms with Gasteiger partial charge in [-0.1, -0.05) is 13.0 Å². The van der Waals surface area contributed by atoms with Crippen LogP contribution >= 0.6 is 27.3 Å². The summed E-state index contributed by atoms with van der Waals surface area (Å²) in [6.07, 6.45) is 0. The molecule has 0 aliphatic heterocycles. The maximum absolute atomic E-state index is 13.5. The van der Waals surface area contributed by atoms with E-state index in [4.69, 9.17) is 4.74 Å². The highest BCUT2D eigenvalue weighted by atomic mass is 79.9. The summed E-state index contributed by atoms with van der Waals surface area (Å²) in [4.78, 5) is 1.18. The quantitative estimate of drug-likeness (QED) is 0.870. The molecule has 1 aromatic heterocycles. The van der Waals surface area contributed by atoms with Crippen LogP contribution in [0.3, 0.4) is 0 Å². The van der Waals surface area contributed by atoms with Crippen molar-refractivity contribution in [3.8, 4) is 5.75 Å². The highest BCUT2D eigenvalue weighted by molar-refractivity contribution is 9.10. The summed E-state index contributed by atoms with van der Waals surface area (Å²) >= 11 is 5.22. The summed E-state index contributed by atoms with van der Waals surface area (Å²) in [5.41, 5.74) is 0.989. The molecule has 0 fully saturated rings. The predicted octanol–water partition coefficient (Wildman–Crippen LogP) is 4.36. The smallest absolute Gasteiger partial charge is 0.165 e. The zero-order valence-corrected chi connectivity index (χ0v) is 13.1. The van der Waals surface area contributed by atoms with E-state index in [0.717, 1.165) is 16.6 Å². The van der Waals surface area contributed by atoms with Crippen molar-refractivity contribution in [3.05, 3.63) is 50.4 Å². The molecule has 1 atom stereocenters. The van der Waals surface area contributed by atoms with Gasteiger partial charge in [-0.05, 0) is 51.6 Å². The average Bonchev–Trinajstić information content (AvgIpc) is 2.83. The lowest BCUT2D eigenvalue weighted by molar-refractivity contribution is 0.385. The summed E-state index contributed by atoms with van der Waals surface area (Å²) in [6.45, 7) is 2.88. The van der Waals surface area contributed by atoms with Gasteiger partial charge in [0.25, 0.3) is 0 Å². The van der Waals surface area contributed by atoms with E-state index in [9.17, 15) is 4.39 Å². The molecule has 5 heteroatoms. The highest BCUT2D eigenvalue weighted by Gasteiger charge is 2.18. The Morgan fingerprint density at radius 1 is 1.42 bits per heavy atom. The summed E-state index contributed by atoms with van der Waals surface area (Å²) in [7, 11) is 1.48. The van der Waals surface area contributed by atoms with Gasteiger partial charge in [-0.2, -0.15) is 0 Å².